The lowest BCUT2D eigenvalue weighted by Gasteiger charge is -2.53. The van der Waals surface area contributed by atoms with Crippen LogP contribution in [0.25, 0.3) is 0 Å². The fraction of sp³-hybridized carbons (Fsp3) is 0.250. The van der Waals surface area contributed by atoms with Crippen molar-refractivity contribution in [1.29, 1.82) is 0 Å². The summed E-state index contributed by atoms with van der Waals surface area (Å²) in [5.74, 6) is 0. The molecule has 0 saturated carbocycles. The molecule has 0 amide bonds. The SMILES string of the molecule is C[Si]1(C)O[Si]2(O[Si](C)(C)O[Si]3(O1)N(c1ccccc1)CCN3c1ccccc1)N(c1ccccc1)CCN2c1ccccc1. The first-order valence-electron chi connectivity index (χ1n) is 15.3. The molecule has 7 rings (SSSR count). The van der Waals surface area contributed by atoms with Crippen molar-refractivity contribution in [3.63, 3.8) is 0 Å². The van der Waals surface area contributed by atoms with Gasteiger partial charge in [-0.15, -0.1) is 0 Å². The summed E-state index contributed by atoms with van der Waals surface area (Å²) in [6, 6.07) is 42.1. The Morgan fingerprint density at radius 1 is 0.364 bits per heavy atom. The lowest BCUT2D eigenvalue weighted by atomic mass is 10.3. The molecule has 0 aromatic heterocycles. The number of anilines is 4. The van der Waals surface area contributed by atoms with Gasteiger partial charge in [-0.3, -0.25) is 0 Å². The predicted molar refractivity (Wildman–Crippen MR) is 186 cm³/mol. The largest absolute Gasteiger partial charge is 0.571 e. The van der Waals surface area contributed by atoms with Gasteiger partial charge in [-0.1, -0.05) is 72.8 Å². The Morgan fingerprint density at radius 3 is 0.773 bits per heavy atom. The zero-order valence-electron chi connectivity index (χ0n) is 25.8. The van der Waals surface area contributed by atoms with Crippen molar-refractivity contribution in [2.24, 2.45) is 0 Å². The van der Waals surface area contributed by atoms with E-state index in [-0.39, 0.29) is 0 Å². The fourth-order valence-corrected chi connectivity index (χ4v) is 26.6. The summed E-state index contributed by atoms with van der Waals surface area (Å²) >= 11 is 0. The van der Waals surface area contributed by atoms with Gasteiger partial charge in [0.15, 0.2) is 0 Å². The van der Waals surface area contributed by atoms with Gasteiger partial charge < -0.3 is 34.7 Å². The van der Waals surface area contributed by atoms with E-state index in [4.69, 9.17) is 16.5 Å². The molecular formula is C32H40N4O4Si4. The quantitative estimate of drug-likeness (QED) is 0.234. The van der Waals surface area contributed by atoms with Gasteiger partial charge >= 0.3 is 34.9 Å². The summed E-state index contributed by atoms with van der Waals surface area (Å²) in [6.45, 7) is 11.8. The third-order valence-corrected chi connectivity index (χ3v) is 25.0. The molecule has 0 bridgehead atoms. The summed E-state index contributed by atoms with van der Waals surface area (Å²) in [5.41, 5.74) is 4.38. The van der Waals surface area contributed by atoms with Gasteiger partial charge in [0.05, 0.1) is 0 Å². The van der Waals surface area contributed by atoms with E-state index in [0.717, 1.165) is 48.9 Å². The standard InChI is InChI=1S/C32H40N4O4Si4/c1-41(2)37-43(33(29-17-9-5-10-18-29)25-26-34(43)30-19-11-6-12-20-30)39-42(3,4)40-44(38-41)35(31-21-13-7-14-22-31)27-28-36(44)32-23-15-8-16-24-32/h5-24H,25-28H2,1-4H3. The van der Waals surface area contributed by atoms with Crippen LogP contribution in [-0.4, -0.2) is 61.1 Å². The Bertz CT molecular complexity index is 1340. The Hall–Kier alpha value is -3.21. The molecule has 0 atom stereocenters. The van der Waals surface area contributed by atoms with Crippen LogP contribution in [-0.2, 0) is 16.5 Å². The van der Waals surface area contributed by atoms with Crippen molar-refractivity contribution in [3.8, 4) is 0 Å². The molecule has 2 spiro atoms. The van der Waals surface area contributed by atoms with Crippen LogP contribution in [0.3, 0.4) is 0 Å². The van der Waals surface area contributed by atoms with Gasteiger partial charge in [-0.2, -0.15) is 0 Å². The first-order chi connectivity index (χ1) is 21.2. The second-order valence-electron chi connectivity index (χ2n) is 12.3. The van der Waals surface area contributed by atoms with Crippen molar-refractivity contribution < 1.29 is 16.5 Å². The number of rotatable bonds is 4. The first kappa shape index (κ1) is 29.5. The van der Waals surface area contributed by atoms with Crippen molar-refractivity contribution in [2.45, 2.75) is 26.2 Å². The lowest BCUT2D eigenvalue weighted by Crippen LogP contribution is -2.80. The van der Waals surface area contributed by atoms with Crippen LogP contribution < -0.4 is 18.3 Å². The molecule has 4 aromatic rings. The lowest BCUT2D eigenvalue weighted by molar-refractivity contribution is 0.224. The topological polar surface area (TPSA) is 49.9 Å². The van der Waals surface area contributed by atoms with Crippen LogP contribution in [0.15, 0.2) is 121 Å². The molecule has 44 heavy (non-hydrogen) atoms. The summed E-state index contributed by atoms with van der Waals surface area (Å²) in [5, 5.41) is 0. The van der Waals surface area contributed by atoms with E-state index >= 15 is 0 Å². The van der Waals surface area contributed by atoms with Crippen molar-refractivity contribution in [2.75, 3.05) is 44.4 Å². The average molecular weight is 657 g/mol. The first-order valence-corrected chi connectivity index (χ1v) is 24.4. The maximum Gasteiger partial charge on any atom is 0.571 e. The second-order valence-corrected chi connectivity index (χ2v) is 25.5. The molecule has 228 valence electrons. The fourth-order valence-electron chi connectivity index (χ4n) is 6.66. The van der Waals surface area contributed by atoms with Crippen molar-refractivity contribution in [3.05, 3.63) is 121 Å². The van der Waals surface area contributed by atoms with Gasteiger partial charge in [-0.05, 0) is 74.7 Å². The number of para-hydroxylation sites is 4. The minimum absolute atomic E-state index is 0.787. The third kappa shape index (κ3) is 5.24. The van der Waals surface area contributed by atoms with E-state index in [1.807, 2.05) is 0 Å². The molecule has 0 aliphatic carbocycles. The maximum absolute atomic E-state index is 7.57. The van der Waals surface area contributed by atoms with Gasteiger partial charge in [-0.25, -0.2) is 0 Å². The highest BCUT2D eigenvalue weighted by molar-refractivity contribution is 6.98. The second kappa shape index (κ2) is 11.3. The van der Waals surface area contributed by atoms with E-state index < -0.39 is 34.9 Å². The molecule has 12 heteroatoms. The van der Waals surface area contributed by atoms with Gasteiger partial charge in [0.25, 0.3) is 0 Å². The molecule has 0 N–H and O–H groups in total. The smallest absolute Gasteiger partial charge is 0.382 e. The molecule has 0 unspecified atom stereocenters. The maximum atomic E-state index is 7.57. The van der Waals surface area contributed by atoms with Crippen LogP contribution in [0.4, 0.5) is 22.7 Å². The van der Waals surface area contributed by atoms with Crippen LogP contribution >= 0.6 is 0 Å². The molecule has 3 saturated heterocycles. The Morgan fingerprint density at radius 2 is 0.568 bits per heavy atom. The summed E-state index contributed by atoms with van der Waals surface area (Å²) in [6.07, 6.45) is 0. The predicted octanol–water partition coefficient (Wildman–Crippen LogP) is 6.39. The van der Waals surface area contributed by atoms with Gasteiger partial charge in [0, 0.05) is 48.9 Å². The van der Waals surface area contributed by atoms with Gasteiger partial charge in [0.1, 0.15) is 0 Å². The average Bonchev–Trinajstić information content (AvgIpc) is 3.54. The number of hydrogen-bond acceptors (Lipinski definition) is 8. The Balaban J connectivity index is 1.38. The van der Waals surface area contributed by atoms with E-state index in [9.17, 15) is 0 Å². The van der Waals surface area contributed by atoms with Crippen molar-refractivity contribution >= 4 is 57.6 Å². The van der Waals surface area contributed by atoms with Crippen molar-refractivity contribution in [1.82, 2.24) is 0 Å². The Labute approximate surface area is 265 Å². The zero-order valence-corrected chi connectivity index (χ0v) is 29.8. The molecule has 3 aliphatic heterocycles. The van der Waals surface area contributed by atoms with Crippen LogP contribution in [0.2, 0.25) is 26.2 Å². The molecule has 3 fully saturated rings. The van der Waals surface area contributed by atoms with Crippen LogP contribution in [0.5, 0.6) is 0 Å². The zero-order chi connectivity index (χ0) is 30.4. The number of nitrogens with zero attached hydrogens (tertiary/aromatic N) is 4. The highest BCUT2D eigenvalue weighted by Crippen LogP contribution is 2.44. The highest BCUT2D eigenvalue weighted by atomic mass is 28.5. The summed E-state index contributed by atoms with van der Waals surface area (Å²) in [4.78, 5) is 0. The van der Waals surface area contributed by atoms with Crippen LogP contribution in [0.1, 0.15) is 0 Å². The van der Waals surface area contributed by atoms with E-state index in [0.29, 0.717) is 0 Å². The minimum atomic E-state index is -3.36. The van der Waals surface area contributed by atoms with E-state index in [1.165, 1.54) is 0 Å². The Kier molecular flexibility index (Phi) is 7.57. The molecule has 3 heterocycles. The van der Waals surface area contributed by atoms with Gasteiger partial charge in [0.2, 0.25) is 0 Å². The monoisotopic (exact) mass is 656 g/mol. The number of benzene rings is 4. The highest BCUT2D eigenvalue weighted by Gasteiger charge is 2.71. The summed E-state index contributed by atoms with van der Waals surface area (Å²) in [7, 11) is -12.7. The molecule has 0 radical (unpaired) electrons. The third-order valence-electron chi connectivity index (χ3n) is 8.25. The number of hydrogen-bond donors (Lipinski definition) is 0. The van der Waals surface area contributed by atoms with E-state index in [2.05, 4.69) is 166 Å². The van der Waals surface area contributed by atoms with Crippen LogP contribution in [0, 0.1) is 0 Å². The summed E-state index contributed by atoms with van der Waals surface area (Å²) < 4.78 is 39.8. The molecule has 4 aromatic carbocycles. The minimum Gasteiger partial charge on any atom is -0.382 e. The molecular weight excluding hydrogens is 617 g/mol. The molecule has 3 aliphatic rings. The molecule has 8 nitrogen and oxygen atoms in total. The van der Waals surface area contributed by atoms with E-state index in [1.54, 1.807) is 0 Å². The normalized spacial score (nSPS) is 21.9.